The maximum Gasteiger partial charge on any atom is 0.269 e. The molecule has 0 radical (unpaired) electrons. The number of carbonyl (C=O) groups excluding carboxylic acids is 1. The number of benzene rings is 2. The van der Waals surface area contributed by atoms with Crippen LogP contribution in [0.3, 0.4) is 0 Å². The van der Waals surface area contributed by atoms with E-state index in [-0.39, 0.29) is 22.0 Å². The van der Waals surface area contributed by atoms with E-state index in [9.17, 15) is 23.2 Å². The number of hydrogen-bond donors (Lipinski definition) is 4. The number of halogens is 3. The summed E-state index contributed by atoms with van der Waals surface area (Å²) in [6, 6.07) is 9.38. The molecular formula is C32H32ClF2N7O3. The normalized spacial score (nSPS) is 15.4. The first-order valence-corrected chi connectivity index (χ1v) is 15.4. The van der Waals surface area contributed by atoms with E-state index in [4.69, 9.17) is 11.6 Å². The Bertz CT molecular complexity index is 1880. The molecule has 5 heterocycles. The molecule has 45 heavy (non-hydrogen) atoms. The minimum Gasteiger partial charge on any atom is -0.383 e. The van der Waals surface area contributed by atoms with E-state index in [0.717, 1.165) is 90.2 Å². The third kappa shape index (κ3) is 6.60. The third-order valence-corrected chi connectivity index (χ3v) is 8.52. The number of aromatic amines is 2. The van der Waals surface area contributed by atoms with Crippen LogP contribution >= 0.6 is 11.6 Å². The Morgan fingerprint density at radius 2 is 1.29 bits per heavy atom. The Hall–Kier alpha value is -4.58. The summed E-state index contributed by atoms with van der Waals surface area (Å²) in [5.41, 5.74) is 6.28. The monoisotopic (exact) mass is 635 g/mol. The molecule has 0 atom stereocenters. The molecule has 1 fully saturated rings. The molecule has 0 aliphatic carbocycles. The van der Waals surface area contributed by atoms with Crippen molar-refractivity contribution in [1.29, 1.82) is 0 Å². The van der Waals surface area contributed by atoms with Crippen molar-refractivity contribution < 1.29 is 13.6 Å². The Morgan fingerprint density at radius 3 is 1.82 bits per heavy atom. The Kier molecular flexibility index (Phi) is 8.92. The fourth-order valence-electron chi connectivity index (χ4n) is 5.98. The van der Waals surface area contributed by atoms with Crippen LogP contribution in [0.25, 0.3) is 0 Å². The lowest BCUT2D eigenvalue weighted by Crippen LogP contribution is -2.25. The van der Waals surface area contributed by atoms with Crippen LogP contribution in [0.4, 0.5) is 25.8 Å². The van der Waals surface area contributed by atoms with Gasteiger partial charge in [0.25, 0.3) is 11.1 Å². The number of fused-ring (bicyclic) bond motifs is 2. The van der Waals surface area contributed by atoms with Gasteiger partial charge in [-0.05, 0) is 67.5 Å². The van der Waals surface area contributed by atoms with Gasteiger partial charge in [0.1, 0.15) is 11.6 Å². The zero-order valence-corrected chi connectivity index (χ0v) is 25.2. The van der Waals surface area contributed by atoms with Gasteiger partial charge in [0.15, 0.2) is 0 Å². The predicted molar refractivity (Wildman–Crippen MR) is 168 cm³/mol. The van der Waals surface area contributed by atoms with E-state index in [1.807, 2.05) is 0 Å². The number of anilines is 3. The summed E-state index contributed by atoms with van der Waals surface area (Å²) in [5, 5.41) is 19.9. The Morgan fingerprint density at radius 1 is 0.733 bits per heavy atom. The first-order valence-electron chi connectivity index (χ1n) is 15.0. The standard InChI is InChI=1S/C18H19FN4O2.C14H13ClFN3O/c19-13-6-5-11(10-15(13)23-8-2-4-16(23)24)9-14-17-12(3-1-7-20-17)18(25)22-21-14;15-10-6-8(3-4-11(10)16)7-12-13-9(2-1-5-17-13)14(20)19-18-12/h5-6,10,20H,1-4,7-9H2,(H,22,25);3-4,6,17H,1-2,5,7H2,(H,19,20). The third-order valence-electron chi connectivity index (χ3n) is 8.23. The van der Waals surface area contributed by atoms with Crippen LogP contribution in [0, 0.1) is 11.6 Å². The number of H-pyrrole nitrogens is 2. The SMILES string of the molecule is O=C1CCCN1c1cc(Cc2n[nH]c(=O)c3c2NCCC3)ccc1F.O=c1[nH]nc(Cc2ccc(F)c(Cl)c2)c2c1CCCN2. The van der Waals surface area contributed by atoms with Crippen molar-refractivity contribution in [3.63, 3.8) is 0 Å². The number of aromatic nitrogens is 4. The largest absolute Gasteiger partial charge is 0.383 e. The van der Waals surface area contributed by atoms with Crippen molar-refractivity contribution >= 4 is 34.6 Å². The van der Waals surface area contributed by atoms with Crippen LogP contribution in [-0.4, -0.2) is 45.9 Å². The first-order chi connectivity index (χ1) is 21.8. The average molecular weight is 636 g/mol. The summed E-state index contributed by atoms with van der Waals surface area (Å²) in [6.45, 7) is 2.18. The quantitative estimate of drug-likeness (QED) is 0.254. The highest BCUT2D eigenvalue weighted by atomic mass is 35.5. The molecule has 0 saturated carbocycles. The predicted octanol–water partition coefficient (Wildman–Crippen LogP) is 4.50. The zero-order chi connectivity index (χ0) is 31.5. The van der Waals surface area contributed by atoms with Gasteiger partial charge in [0.05, 0.1) is 33.5 Å². The van der Waals surface area contributed by atoms with Crippen LogP contribution in [0.1, 0.15) is 59.3 Å². The van der Waals surface area contributed by atoms with Crippen LogP contribution in [-0.2, 0) is 30.5 Å². The van der Waals surface area contributed by atoms with E-state index in [1.165, 1.54) is 17.0 Å². The molecule has 10 nitrogen and oxygen atoms in total. The number of amides is 1. The van der Waals surface area contributed by atoms with E-state index >= 15 is 0 Å². The topological polar surface area (TPSA) is 136 Å². The molecule has 234 valence electrons. The summed E-state index contributed by atoms with van der Waals surface area (Å²) in [5.74, 6) is -0.879. The highest BCUT2D eigenvalue weighted by Gasteiger charge is 2.25. The smallest absolute Gasteiger partial charge is 0.269 e. The highest BCUT2D eigenvalue weighted by Crippen LogP contribution is 2.29. The van der Waals surface area contributed by atoms with Crippen molar-refractivity contribution in [2.75, 3.05) is 35.2 Å². The van der Waals surface area contributed by atoms with Crippen molar-refractivity contribution in [3.05, 3.63) is 107 Å². The van der Waals surface area contributed by atoms with Crippen LogP contribution in [0.5, 0.6) is 0 Å². The van der Waals surface area contributed by atoms with Crippen LogP contribution < -0.4 is 26.7 Å². The van der Waals surface area contributed by atoms with Crippen LogP contribution in [0.2, 0.25) is 5.02 Å². The molecule has 4 N–H and O–H groups in total. The Labute approximate surface area is 262 Å². The second-order valence-corrected chi connectivity index (χ2v) is 11.7. The average Bonchev–Trinajstić information content (AvgIpc) is 3.48. The molecule has 4 aromatic rings. The Balaban J connectivity index is 0.000000163. The van der Waals surface area contributed by atoms with Gasteiger partial charge in [-0.15, -0.1) is 0 Å². The van der Waals surface area contributed by atoms with Crippen molar-refractivity contribution in [2.45, 2.75) is 51.4 Å². The van der Waals surface area contributed by atoms with E-state index in [0.29, 0.717) is 31.5 Å². The molecule has 7 rings (SSSR count). The van der Waals surface area contributed by atoms with Gasteiger partial charge in [0, 0.05) is 50.0 Å². The van der Waals surface area contributed by atoms with E-state index in [2.05, 4.69) is 31.0 Å². The number of nitrogens with zero attached hydrogens (tertiary/aromatic N) is 3. The molecule has 1 amide bonds. The van der Waals surface area contributed by atoms with E-state index < -0.39 is 11.6 Å². The zero-order valence-electron chi connectivity index (χ0n) is 24.4. The molecule has 0 bridgehead atoms. The first kappa shape index (κ1) is 30.4. The number of rotatable bonds is 5. The number of carbonyl (C=O) groups is 1. The summed E-state index contributed by atoms with van der Waals surface area (Å²) in [7, 11) is 0. The summed E-state index contributed by atoms with van der Waals surface area (Å²) in [4.78, 5) is 37.1. The lowest BCUT2D eigenvalue weighted by molar-refractivity contribution is -0.117. The second-order valence-electron chi connectivity index (χ2n) is 11.3. The van der Waals surface area contributed by atoms with Gasteiger partial charge in [-0.2, -0.15) is 10.2 Å². The van der Waals surface area contributed by atoms with Crippen molar-refractivity contribution in [3.8, 4) is 0 Å². The van der Waals surface area contributed by atoms with Gasteiger partial charge in [-0.3, -0.25) is 14.4 Å². The molecule has 2 aromatic carbocycles. The van der Waals surface area contributed by atoms with E-state index in [1.54, 1.807) is 24.3 Å². The number of hydrogen-bond acceptors (Lipinski definition) is 7. The van der Waals surface area contributed by atoms with Gasteiger partial charge < -0.3 is 15.5 Å². The molecule has 3 aliphatic heterocycles. The second kappa shape index (κ2) is 13.2. The van der Waals surface area contributed by atoms with Gasteiger partial charge in [-0.25, -0.2) is 19.0 Å². The molecule has 0 spiro atoms. The fraction of sp³-hybridized carbons (Fsp3) is 0.344. The summed E-state index contributed by atoms with van der Waals surface area (Å²) >= 11 is 5.78. The number of nitrogens with one attached hydrogen (secondary N) is 4. The molecule has 13 heteroatoms. The maximum atomic E-state index is 14.2. The van der Waals surface area contributed by atoms with Gasteiger partial charge in [-0.1, -0.05) is 23.7 Å². The highest BCUT2D eigenvalue weighted by molar-refractivity contribution is 6.30. The van der Waals surface area contributed by atoms with Crippen molar-refractivity contribution in [1.82, 2.24) is 20.4 Å². The van der Waals surface area contributed by atoms with Crippen molar-refractivity contribution in [2.24, 2.45) is 0 Å². The summed E-state index contributed by atoms with van der Waals surface area (Å²) in [6.07, 6.45) is 5.48. The lowest BCUT2D eigenvalue weighted by atomic mass is 10.0. The molecule has 0 unspecified atom stereocenters. The minimum absolute atomic E-state index is 0.0442. The molecule has 1 saturated heterocycles. The molecule has 2 aromatic heterocycles. The van der Waals surface area contributed by atoms with Gasteiger partial charge >= 0.3 is 0 Å². The summed E-state index contributed by atoms with van der Waals surface area (Å²) < 4.78 is 27.3. The van der Waals surface area contributed by atoms with Gasteiger partial charge in [0.2, 0.25) is 5.91 Å². The lowest BCUT2D eigenvalue weighted by Gasteiger charge is -2.20. The van der Waals surface area contributed by atoms with Crippen LogP contribution in [0.15, 0.2) is 46.0 Å². The minimum atomic E-state index is -0.440. The molecular weight excluding hydrogens is 604 g/mol. The molecule has 3 aliphatic rings. The maximum absolute atomic E-state index is 14.2. The fourth-order valence-corrected chi connectivity index (χ4v) is 6.18.